The molecule has 5 heteroatoms. The van der Waals surface area contributed by atoms with Crippen LogP contribution in [-0.2, 0) is 7.05 Å². The van der Waals surface area contributed by atoms with Crippen LogP contribution in [0.5, 0.6) is 0 Å². The number of hydrogen-bond acceptors (Lipinski definition) is 4. The highest BCUT2D eigenvalue weighted by Gasteiger charge is 2.12. The van der Waals surface area contributed by atoms with Crippen molar-refractivity contribution in [1.29, 1.82) is 0 Å². The van der Waals surface area contributed by atoms with Gasteiger partial charge in [-0.2, -0.15) is 4.98 Å². The standard InChI is InChI=1S/C19H19N5/c1-13(14-8-4-3-5-9-14)12-20-19-21-18-17(22-23-19)15-10-6-7-11-16(15)24(18)2/h3-11,13H,12H2,1-2H3,(H,20,21,23). The summed E-state index contributed by atoms with van der Waals surface area (Å²) in [5.41, 5.74) is 4.10. The summed E-state index contributed by atoms with van der Waals surface area (Å²) in [4.78, 5) is 4.66. The molecule has 1 N–H and O–H groups in total. The molecule has 0 saturated carbocycles. The summed E-state index contributed by atoms with van der Waals surface area (Å²) < 4.78 is 2.06. The van der Waals surface area contributed by atoms with Gasteiger partial charge in [-0.15, -0.1) is 10.2 Å². The minimum Gasteiger partial charge on any atom is -0.352 e. The molecule has 5 nitrogen and oxygen atoms in total. The van der Waals surface area contributed by atoms with Gasteiger partial charge in [-0.1, -0.05) is 55.5 Å². The molecule has 24 heavy (non-hydrogen) atoms. The second-order valence-corrected chi connectivity index (χ2v) is 6.08. The van der Waals surface area contributed by atoms with Gasteiger partial charge in [0.2, 0.25) is 5.95 Å². The van der Waals surface area contributed by atoms with Crippen LogP contribution in [0.15, 0.2) is 54.6 Å². The Morgan fingerprint density at radius 1 is 1.00 bits per heavy atom. The molecule has 0 aliphatic carbocycles. The van der Waals surface area contributed by atoms with Crippen LogP contribution >= 0.6 is 0 Å². The first-order valence-corrected chi connectivity index (χ1v) is 8.10. The molecule has 0 spiro atoms. The van der Waals surface area contributed by atoms with Gasteiger partial charge in [0.15, 0.2) is 5.65 Å². The van der Waals surface area contributed by atoms with E-state index in [0.717, 1.165) is 28.6 Å². The lowest BCUT2D eigenvalue weighted by Crippen LogP contribution is -2.12. The first kappa shape index (κ1) is 14.6. The Bertz CT molecular complexity index is 991. The van der Waals surface area contributed by atoms with E-state index in [-0.39, 0.29) is 0 Å². The summed E-state index contributed by atoms with van der Waals surface area (Å²) in [6.07, 6.45) is 0. The lowest BCUT2D eigenvalue weighted by Gasteiger charge is -2.12. The Morgan fingerprint density at radius 2 is 1.75 bits per heavy atom. The molecule has 0 amide bonds. The highest BCUT2D eigenvalue weighted by Crippen LogP contribution is 2.25. The number of anilines is 1. The quantitative estimate of drug-likeness (QED) is 0.623. The van der Waals surface area contributed by atoms with E-state index in [1.54, 1.807) is 0 Å². The molecule has 1 atom stereocenters. The maximum atomic E-state index is 4.66. The van der Waals surface area contributed by atoms with Gasteiger partial charge in [0.1, 0.15) is 5.52 Å². The van der Waals surface area contributed by atoms with Gasteiger partial charge in [-0.3, -0.25) is 0 Å². The van der Waals surface area contributed by atoms with Crippen molar-refractivity contribution in [2.75, 3.05) is 11.9 Å². The molecule has 2 aromatic carbocycles. The van der Waals surface area contributed by atoms with Crippen LogP contribution in [0.2, 0.25) is 0 Å². The van der Waals surface area contributed by atoms with Crippen LogP contribution in [0.25, 0.3) is 22.1 Å². The van der Waals surface area contributed by atoms with Crippen molar-refractivity contribution in [1.82, 2.24) is 19.7 Å². The first-order chi connectivity index (χ1) is 11.7. The smallest absolute Gasteiger partial charge is 0.244 e. The molecule has 0 fully saturated rings. The molecule has 0 bridgehead atoms. The Balaban J connectivity index is 1.61. The van der Waals surface area contributed by atoms with E-state index in [0.29, 0.717) is 11.9 Å². The molecule has 2 heterocycles. The van der Waals surface area contributed by atoms with Crippen LogP contribution in [0.1, 0.15) is 18.4 Å². The lowest BCUT2D eigenvalue weighted by molar-refractivity contribution is 0.792. The molecular weight excluding hydrogens is 298 g/mol. The third-order valence-corrected chi connectivity index (χ3v) is 4.44. The minimum atomic E-state index is 0.373. The maximum Gasteiger partial charge on any atom is 0.244 e. The number of benzene rings is 2. The molecule has 0 saturated heterocycles. The summed E-state index contributed by atoms with van der Waals surface area (Å²) in [7, 11) is 2.01. The van der Waals surface area contributed by atoms with Gasteiger partial charge in [0, 0.05) is 19.0 Å². The summed E-state index contributed by atoms with van der Waals surface area (Å²) in [5.74, 6) is 0.939. The van der Waals surface area contributed by atoms with Gasteiger partial charge >= 0.3 is 0 Å². The van der Waals surface area contributed by atoms with Crippen LogP contribution in [0.3, 0.4) is 0 Å². The van der Waals surface area contributed by atoms with E-state index in [9.17, 15) is 0 Å². The van der Waals surface area contributed by atoms with Crippen molar-refractivity contribution in [3.63, 3.8) is 0 Å². The van der Waals surface area contributed by atoms with Crippen molar-refractivity contribution in [2.45, 2.75) is 12.8 Å². The number of nitrogens with one attached hydrogen (secondary N) is 1. The summed E-state index contributed by atoms with van der Waals surface area (Å²) in [5, 5.41) is 13.0. The Morgan fingerprint density at radius 3 is 2.58 bits per heavy atom. The molecular formula is C19H19N5. The number of nitrogens with zero attached hydrogens (tertiary/aromatic N) is 4. The zero-order chi connectivity index (χ0) is 16.5. The molecule has 0 aliphatic rings. The van der Waals surface area contributed by atoms with E-state index in [1.165, 1.54) is 5.56 Å². The fourth-order valence-electron chi connectivity index (χ4n) is 3.03. The van der Waals surface area contributed by atoms with E-state index >= 15 is 0 Å². The highest BCUT2D eigenvalue weighted by molar-refractivity contribution is 6.04. The average Bonchev–Trinajstić information content (AvgIpc) is 2.93. The number of hydrogen-bond donors (Lipinski definition) is 1. The number of aryl methyl sites for hydroxylation is 1. The molecule has 0 radical (unpaired) electrons. The van der Waals surface area contributed by atoms with Gasteiger partial charge in [-0.25, -0.2) is 0 Å². The van der Waals surface area contributed by atoms with E-state index in [4.69, 9.17) is 0 Å². The number of aromatic nitrogens is 4. The van der Waals surface area contributed by atoms with Crippen molar-refractivity contribution < 1.29 is 0 Å². The monoisotopic (exact) mass is 317 g/mol. The third kappa shape index (κ3) is 2.48. The highest BCUT2D eigenvalue weighted by atomic mass is 15.3. The van der Waals surface area contributed by atoms with Crippen molar-refractivity contribution in [2.24, 2.45) is 7.05 Å². The fraction of sp³-hybridized carbons (Fsp3) is 0.211. The predicted molar refractivity (Wildman–Crippen MR) is 97.2 cm³/mol. The van der Waals surface area contributed by atoms with E-state index in [2.05, 4.69) is 68.4 Å². The van der Waals surface area contributed by atoms with Crippen molar-refractivity contribution in [3.05, 3.63) is 60.2 Å². The molecule has 120 valence electrons. The molecule has 2 aromatic heterocycles. The summed E-state index contributed by atoms with van der Waals surface area (Å²) >= 11 is 0. The molecule has 1 unspecified atom stereocenters. The normalized spacial score (nSPS) is 12.6. The number of rotatable bonds is 4. The summed E-state index contributed by atoms with van der Waals surface area (Å²) in [6.45, 7) is 2.95. The van der Waals surface area contributed by atoms with Gasteiger partial charge < -0.3 is 9.88 Å². The maximum absolute atomic E-state index is 4.66. The average molecular weight is 317 g/mol. The van der Waals surface area contributed by atoms with Gasteiger partial charge in [-0.05, 0) is 17.5 Å². The zero-order valence-electron chi connectivity index (χ0n) is 13.8. The van der Waals surface area contributed by atoms with E-state index in [1.807, 2.05) is 25.2 Å². The molecule has 4 aromatic rings. The zero-order valence-corrected chi connectivity index (χ0v) is 13.8. The number of fused-ring (bicyclic) bond motifs is 3. The lowest BCUT2D eigenvalue weighted by atomic mass is 10.0. The molecule has 4 rings (SSSR count). The van der Waals surface area contributed by atoms with Gasteiger partial charge in [0.25, 0.3) is 0 Å². The SMILES string of the molecule is CC(CNc1nnc2c3ccccc3n(C)c2n1)c1ccccc1. The fourth-order valence-corrected chi connectivity index (χ4v) is 3.03. The first-order valence-electron chi connectivity index (χ1n) is 8.10. The van der Waals surface area contributed by atoms with E-state index < -0.39 is 0 Å². The van der Waals surface area contributed by atoms with Crippen LogP contribution < -0.4 is 5.32 Å². The third-order valence-electron chi connectivity index (χ3n) is 4.44. The van der Waals surface area contributed by atoms with Crippen LogP contribution in [0.4, 0.5) is 5.95 Å². The second kappa shape index (κ2) is 5.92. The Labute approximate surface area is 140 Å². The van der Waals surface area contributed by atoms with Gasteiger partial charge in [0.05, 0.1) is 5.52 Å². The molecule has 0 aliphatic heterocycles. The van der Waals surface area contributed by atoms with Crippen LogP contribution in [-0.4, -0.2) is 26.3 Å². The van der Waals surface area contributed by atoms with Crippen molar-refractivity contribution in [3.8, 4) is 0 Å². The Hall–Kier alpha value is -2.95. The van der Waals surface area contributed by atoms with Crippen LogP contribution in [0, 0.1) is 0 Å². The van der Waals surface area contributed by atoms with Crippen molar-refractivity contribution >= 4 is 28.0 Å². The summed E-state index contributed by atoms with van der Waals surface area (Å²) in [6, 6.07) is 18.6. The minimum absolute atomic E-state index is 0.373. The largest absolute Gasteiger partial charge is 0.352 e. The predicted octanol–water partition coefficient (Wildman–Crippen LogP) is 3.73. The number of para-hydroxylation sites is 1. The Kier molecular flexibility index (Phi) is 3.61. The second-order valence-electron chi connectivity index (χ2n) is 6.08. The topological polar surface area (TPSA) is 55.6 Å².